The van der Waals surface area contributed by atoms with Gasteiger partial charge in [0.05, 0.1) is 28.2 Å². The fourth-order valence-corrected chi connectivity index (χ4v) is 5.71. The molecule has 3 amide bonds. The quantitative estimate of drug-likeness (QED) is 0.363. The van der Waals surface area contributed by atoms with E-state index in [0.717, 1.165) is 29.3 Å². The number of imide groups is 1. The summed E-state index contributed by atoms with van der Waals surface area (Å²) in [6.45, 7) is -0.255. The third-order valence-corrected chi connectivity index (χ3v) is 7.19. The maximum Gasteiger partial charge on any atom is 0.282 e. The first-order valence-electron chi connectivity index (χ1n) is 10.9. The third-order valence-electron chi connectivity index (χ3n) is 7.19. The van der Waals surface area contributed by atoms with Crippen LogP contribution in [0, 0.1) is 43.9 Å². The highest BCUT2D eigenvalue weighted by atomic mass is 16.6. The summed E-state index contributed by atoms with van der Waals surface area (Å²) in [5, 5.41) is 24.3. The van der Waals surface area contributed by atoms with Crippen molar-refractivity contribution >= 4 is 29.1 Å². The molecule has 3 aliphatic rings. The molecule has 11 heteroatoms. The predicted octanol–water partition coefficient (Wildman–Crippen LogP) is 3.09. The van der Waals surface area contributed by atoms with Crippen molar-refractivity contribution in [2.45, 2.75) is 25.8 Å². The number of fused-ring (bicyclic) bond motifs is 5. The zero-order chi connectivity index (χ0) is 24.1. The van der Waals surface area contributed by atoms with E-state index in [1.165, 1.54) is 48.5 Å². The van der Waals surface area contributed by atoms with Gasteiger partial charge in [-0.2, -0.15) is 5.01 Å². The van der Waals surface area contributed by atoms with Gasteiger partial charge >= 0.3 is 0 Å². The summed E-state index contributed by atoms with van der Waals surface area (Å²) in [6, 6.07) is 10.7. The third kappa shape index (κ3) is 3.31. The number of hydrogen-bond acceptors (Lipinski definition) is 7. The molecule has 174 valence electrons. The van der Waals surface area contributed by atoms with E-state index in [9.17, 15) is 34.6 Å². The Labute approximate surface area is 193 Å². The van der Waals surface area contributed by atoms with Gasteiger partial charge in [0.2, 0.25) is 0 Å². The van der Waals surface area contributed by atoms with Crippen molar-refractivity contribution in [3.05, 3.63) is 79.9 Å². The van der Waals surface area contributed by atoms with Crippen LogP contribution < -0.4 is 0 Å². The minimum absolute atomic E-state index is 0.0961. The van der Waals surface area contributed by atoms with Crippen LogP contribution in [0.5, 0.6) is 0 Å². The van der Waals surface area contributed by atoms with Gasteiger partial charge in [0, 0.05) is 18.2 Å². The van der Waals surface area contributed by atoms with Crippen molar-refractivity contribution in [1.29, 1.82) is 0 Å². The lowest BCUT2D eigenvalue weighted by Crippen LogP contribution is -2.50. The average Bonchev–Trinajstić information content (AvgIpc) is 3.51. The monoisotopic (exact) mass is 464 g/mol. The first-order valence-corrected chi connectivity index (χ1v) is 10.9. The average molecular weight is 464 g/mol. The van der Waals surface area contributed by atoms with Crippen LogP contribution in [0.4, 0.5) is 11.4 Å². The van der Waals surface area contributed by atoms with Gasteiger partial charge in [-0.3, -0.25) is 34.6 Å². The lowest BCUT2D eigenvalue weighted by molar-refractivity contribution is -0.385. The number of carbonyl (C=O) groups is 3. The van der Waals surface area contributed by atoms with E-state index in [1.807, 2.05) is 0 Å². The van der Waals surface area contributed by atoms with Gasteiger partial charge in [-0.05, 0) is 42.7 Å². The second-order valence-corrected chi connectivity index (χ2v) is 8.93. The van der Waals surface area contributed by atoms with Crippen molar-refractivity contribution in [3.63, 3.8) is 0 Å². The summed E-state index contributed by atoms with van der Waals surface area (Å²) in [5.74, 6) is -2.56. The topological polar surface area (TPSA) is 144 Å². The van der Waals surface area contributed by atoms with Gasteiger partial charge in [-0.1, -0.05) is 24.3 Å². The minimum Gasteiger partial charge on any atom is -0.272 e. The lowest BCUT2D eigenvalue weighted by atomic mass is 9.81. The lowest BCUT2D eigenvalue weighted by Gasteiger charge is -2.31. The summed E-state index contributed by atoms with van der Waals surface area (Å²) < 4.78 is 0. The second kappa shape index (κ2) is 8.01. The van der Waals surface area contributed by atoms with E-state index < -0.39 is 45.1 Å². The number of nitro benzene ring substituents is 2. The second-order valence-electron chi connectivity index (χ2n) is 8.93. The predicted molar refractivity (Wildman–Crippen MR) is 116 cm³/mol. The normalized spacial score (nSPS) is 24.9. The van der Waals surface area contributed by atoms with Gasteiger partial charge in [0.25, 0.3) is 29.1 Å². The zero-order valence-corrected chi connectivity index (χ0v) is 17.9. The first-order chi connectivity index (χ1) is 16.3. The molecule has 2 saturated carbocycles. The molecular formula is C23H20N4O7. The summed E-state index contributed by atoms with van der Waals surface area (Å²) in [6.07, 6.45) is 2.54. The van der Waals surface area contributed by atoms with Crippen molar-refractivity contribution in [2.75, 3.05) is 0 Å². The van der Waals surface area contributed by atoms with Crippen LogP contribution in [-0.4, -0.2) is 37.6 Å². The van der Waals surface area contributed by atoms with E-state index in [0.29, 0.717) is 5.56 Å². The molecule has 11 nitrogen and oxygen atoms in total. The van der Waals surface area contributed by atoms with Gasteiger partial charge in [-0.25, -0.2) is 5.01 Å². The summed E-state index contributed by atoms with van der Waals surface area (Å²) in [5.41, 5.74) is -0.423. The molecule has 0 unspecified atom stereocenters. The Morgan fingerprint density at radius 2 is 1.50 bits per heavy atom. The van der Waals surface area contributed by atoms with Crippen LogP contribution >= 0.6 is 0 Å². The van der Waals surface area contributed by atoms with Crippen LogP contribution in [0.25, 0.3) is 0 Å². The van der Waals surface area contributed by atoms with Crippen LogP contribution in [0.2, 0.25) is 0 Å². The molecule has 2 bridgehead atoms. The van der Waals surface area contributed by atoms with E-state index in [-0.39, 0.29) is 29.6 Å². The molecule has 0 spiro atoms. The van der Waals surface area contributed by atoms with Crippen molar-refractivity contribution < 1.29 is 24.2 Å². The zero-order valence-electron chi connectivity index (χ0n) is 17.9. The maximum atomic E-state index is 13.6. The number of benzene rings is 2. The molecule has 0 N–H and O–H groups in total. The smallest absolute Gasteiger partial charge is 0.272 e. The molecule has 34 heavy (non-hydrogen) atoms. The number of nitro groups is 2. The first kappa shape index (κ1) is 21.7. The largest absolute Gasteiger partial charge is 0.282 e. The van der Waals surface area contributed by atoms with Crippen molar-refractivity contribution in [1.82, 2.24) is 10.0 Å². The van der Waals surface area contributed by atoms with E-state index in [2.05, 4.69) is 0 Å². The van der Waals surface area contributed by atoms with Crippen LogP contribution in [0.15, 0.2) is 48.5 Å². The number of hydrazine groups is 1. The number of para-hydroxylation sites is 1. The Bertz CT molecular complexity index is 1200. The number of nitrogens with zero attached hydrogens (tertiary/aromatic N) is 4. The number of non-ortho nitro benzene ring substituents is 1. The minimum atomic E-state index is -0.861. The van der Waals surface area contributed by atoms with E-state index in [4.69, 9.17) is 0 Å². The molecule has 2 aromatic rings. The van der Waals surface area contributed by atoms with E-state index in [1.54, 1.807) is 0 Å². The molecule has 0 aromatic heterocycles. The number of amides is 3. The highest BCUT2D eigenvalue weighted by molar-refractivity contribution is 6.09. The molecule has 1 aliphatic heterocycles. The summed E-state index contributed by atoms with van der Waals surface area (Å²) in [7, 11) is 0. The molecule has 4 atom stereocenters. The molecule has 0 radical (unpaired) electrons. The molecule has 5 rings (SSSR count). The van der Waals surface area contributed by atoms with Gasteiger partial charge in [0.15, 0.2) is 0 Å². The molecule has 2 aromatic carbocycles. The Hall–Kier alpha value is -4.15. The molecule has 1 saturated heterocycles. The van der Waals surface area contributed by atoms with Gasteiger partial charge in [-0.15, -0.1) is 0 Å². The SMILES string of the molecule is O=C(c1ccccc1[N+](=O)[O-])N(Cc1ccc([N+](=O)[O-])cc1)N1C(=O)[C@@H]2[C@H]3CC[C@@H](C3)[C@H]2C1=O. The molecule has 1 heterocycles. The Morgan fingerprint density at radius 3 is 2.06 bits per heavy atom. The number of rotatable bonds is 6. The number of carbonyl (C=O) groups excluding carboxylic acids is 3. The fourth-order valence-electron chi connectivity index (χ4n) is 5.71. The van der Waals surface area contributed by atoms with Crippen LogP contribution in [-0.2, 0) is 16.1 Å². The maximum absolute atomic E-state index is 13.6. The van der Waals surface area contributed by atoms with Crippen molar-refractivity contribution in [2.24, 2.45) is 23.7 Å². The molecule has 2 aliphatic carbocycles. The fraction of sp³-hybridized carbons (Fsp3) is 0.348. The summed E-state index contributed by atoms with van der Waals surface area (Å²) in [4.78, 5) is 61.7. The van der Waals surface area contributed by atoms with E-state index >= 15 is 0 Å². The van der Waals surface area contributed by atoms with Gasteiger partial charge in [0.1, 0.15) is 5.56 Å². The Balaban J connectivity index is 1.54. The van der Waals surface area contributed by atoms with Crippen LogP contribution in [0.1, 0.15) is 35.2 Å². The standard InChI is InChI=1S/C23H20N4O7/c28-21(17-3-1-2-4-18(17)27(33)34)24(12-13-5-9-16(10-6-13)26(31)32)25-22(29)19-14-7-8-15(11-14)20(19)23(25)30/h1-6,9-10,14-15,19-20H,7-8,11-12H2/t14-,15-,19+,20+/m0/s1. The molecular weight excluding hydrogens is 444 g/mol. The Morgan fingerprint density at radius 1 is 0.912 bits per heavy atom. The summed E-state index contributed by atoms with van der Waals surface area (Å²) >= 11 is 0. The number of hydrogen-bond donors (Lipinski definition) is 0. The Kier molecular flexibility index (Phi) is 5.11. The van der Waals surface area contributed by atoms with Gasteiger partial charge < -0.3 is 0 Å². The van der Waals surface area contributed by atoms with Crippen molar-refractivity contribution in [3.8, 4) is 0 Å². The highest BCUT2D eigenvalue weighted by Crippen LogP contribution is 2.56. The highest BCUT2D eigenvalue weighted by Gasteiger charge is 2.62. The van der Waals surface area contributed by atoms with Crippen LogP contribution in [0.3, 0.4) is 0 Å². The molecule has 3 fully saturated rings.